The summed E-state index contributed by atoms with van der Waals surface area (Å²) < 4.78 is 5.24. The zero-order chi connectivity index (χ0) is 12.7. The summed E-state index contributed by atoms with van der Waals surface area (Å²) in [7, 11) is 1.63. The van der Waals surface area contributed by atoms with Crippen LogP contribution in [0.1, 0.15) is 18.5 Å². The van der Waals surface area contributed by atoms with Gasteiger partial charge in [-0.2, -0.15) is 5.11 Å². The number of carbonyl (C=O) groups is 1. The summed E-state index contributed by atoms with van der Waals surface area (Å²) in [6.45, 7) is 2.22. The van der Waals surface area contributed by atoms with Crippen molar-refractivity contribution in [3.63, 3.8) is 0 Å². The van der Waals surface area contributed by atoms with E-state index in [0.29, 0.717) is 0 Å². The minimum Gasteiger partial charge on any atom is -0.497 e. The molecule has 0 aliphatic carbocycles. The SMILES string of the molecule is COc1ccc2c(c1)C1C(C)N=NN1CC(=O)N2. The van der Waals surface area contributed by atoms with Gasteiger partial charge in [0.25, 0.3) is 0 Å². The normalized spacial score (nSPS) is 25.2. The van der Waals surface area contributed by atoms with Crippen molar-refractivity contribution in [2.75, 3.05) is 19.0 Å². The number of amides is 1. The Morgan fingerprint density at radius 2 is 2.33 bits per heavy atom. The molecule has 0 saturated heterocycles. The van der Waals surface area contributed by atoms with Crippen LogP contribution >= 0.6 is 0 Å². The van der Waals surface area contributed by atoms with E-state index in [1.807, 2.05) is 25.1 Å². The summed E-state index contributed by atoms with van der Waals surface area (Å²) >= 11 is 0. The van der Waals surface area contributed by atoms with Crippen molar-refractivity contribution in [1.29, 1.82) is 0 Å². The minimum atomic E-state index is -0.0723. The van der Waals surface area contributed by atoms with Crippen LogP contribution in [0, 0.1) is 0 Å². The Morgan fingerprint density at radius 1 is 1.50 bits per heavy atom. The number of hydrogen-bond donors (Lipinski definition) is 1. The fourth-order valence-corrected chi connectivity index (χ4v) is 2.43. The monoisotopic (exact) mass is 246 g/mol. The third-order valence-electron chi connectivity index (χ3n) is 3.28. The van der Waals surface area contributed by atoms with Crippen LogP contribution in [-0.2, 0) is 4.79 Å². The molecule has 0 radical (unpaired) electrons. The number of benzene rings is 1. The van der Waals surface area contributed by atoms with E-state index in [1.165, 1.54) is 0 Å². The number of rotatable bonds is 1. The lowest BCUT2D eigenvalue weighted by Crippen LogP contribution is -2.29. The van der Waals surface area contributed by atoms with Crippen molar-refractivity contribution in [3.05, 3.63) is 23.8 Å². The molecule has 2 heterocycles. The number of methoxy groups -OCH3 is 1. The third kappa shape index (κ3) is 1.61. The molecule has 6 nitrogen and oxygen atoms in total. The van der Waals surface area contributed by atoms with Gasteiger partial charge < -0.3 is 10.1 Å². The molecule has 1 amide bonds. The molecule has 2 unspecified atom stereocenters. The van der Waals surface area contributed by atoms with Crippen LogP contribution in [0.3, 0.4) is 0 Å². The van der Waals surface area contributed by atoms with E-state index in [-0.39, 0.29) is 24.5 Å². The predicted molar refractivity (Wildman–Crippen MR) is 65.4 cm³/mol. The molecule has 0 aromatic heterocycles. The van der Waals surface area contributed by atoms with Gasteiger partial charge in [0.2, 0.25) is 5.91 Å². The quantitative estimate of drug-likeness (QED) is 0.821. The summed E-state index contributed by atoms with van der Waals surface area (Å²) in [4.78, 5) is 11.8. The molecule has 0 spiro atoms. The first-order chi connectivity index (χ1) is 8.69. The first-order valence-corrected chi connectivity index (χ1v) is 5.84. The lowest BCUT2D eigenvalue weighted by Gasteiger charge is -2.22. The van der Waals surface area contributed by atoms with E-state index in [4.69, 9.17) is 4.74 Å². The zero-order valence-corrected chi connectivity index (χ0v) is 10.3. The van der Waals surface area contributed by atoms with E-state index in [9.17, 15) is 4.79 Å². The van der Waals surface area contributed by atoms with E-state index >= 15 is 0 Å². The summed E-state index contributed by atoms with van der Waals surface area (Å²) in [6.07, 6.45) is 0. The van der Waals surface area contributed by atoms with Gasteiger partial charge in [-0.05, 0) is 25.1 Å². The first kappa shape index (κ1) is 11.0. The Bertz CT molecular complexity index is 529. The number of anilines is 1. The lowest BCUT2D eigenvalue weighted by molar-refractivity contribution is -0.117. The van der Waals surface area contributed by atoms with Crippen molar-refractivity contribution >= 4 is 11.6 Å². The van der Waals surface area contributed by atoms with Gasteiger partial charge in [-0.3, -0.25) is 9.80 Å². The smallest absolute Gasteiger partial charge is 0.245 e. The number of carbonyl (C=O) groups excluding carboxylic acids is 1. The molecule has 0 saturated carbocycles. The van der Waals surface area contributed by atoms with Gasteiger partial charge in [0.1, 0.15) is 18.3 Å². The first-order valence-electron chi connectivity index (χ1n) is 5.84. The van der Waals surface area contributed by atoms with Crippen molar-refractivity contribution < 1.29 is 9.53 Å². The Morgan fingerprint density at radius 3 is 3.11 bits per heavy atom. The van der Waals surface area contributed by atoms with E-state index < -0.39 is 0 Å². The van der Waals surface area contributed by atoms with Gasteiger partial charge >= 0.3 is 0 Å². The van der Waals surface area contributed by atoms with Gasteiger partial charge in [0.05, 0.1) is 13.2 Å². The highest BCUT2D eigenvalue weighted by atomic mass is 16.5. The Hall–Kier alpha value is -2.11. The molecule has 1 N–H and O–H groups in total. The van der Waals surface area contributed by atoms with Crippen molar-refractivity contribution in [2.24, 2.45) is 10.3 Å². The van der Waals surface area contributed by atoms with Crippen LogP contribution in [0.5, 0.6) is 5.75 Å². The maximum atomic E-state index is 11.8. The average molecular weight is 246 g/mol. The van der Waals surface area contributed by atoms with Gasteiger partial charge in [0.15, 0.2) is 0 Å². The second kappa shape index (κ2) is 3.97. The highest BCUT2D eigenvalue weighted by Gasteiger charge is 2.36. The van der Waals surface area contributed by atoms with Crippen molar-refractivity contribution in [1.82, 2.24) is 5.01 Å². The van der Waals surface area contributed by atoms with Crippen LogP contribution < -0.4 is 10.1 Å². The van der Waals surface area contributed by atoms with E-state index in [0.717, 1.165) is 17.0 Å². The van der Waals surface area contributed by atoms with Crippen molar-refractivity contribution in [2.45, 2.75) is 19.0 Å². The summed E-state index contributed by atoms with van der Waals surface area (Å²) in [5, 5.41) is 12.8. The molecule has 94 valence electrons. The maximum Gasteiger partial charge on any atom is 0.245 e. The molecular formula is C12H14N4O2. The second-order valence-corrected chi connectivity index (χ2v) is 4.49. The number of fused-ring (bicyclic) bond motifs is 3. The molecular weight excluding hydrogens is 232 g/mol. The number of hydrogen-bond acceptors (Lipinski definition) is 5. The van der Waals surface area contributed by atoms with Gasteiger partial charge in [0, 0.05) is 11.3 Å². The molecule has 3 rings (SSSR count). The van der Waals surface area contributed by atoms with E-state index in [2.05, 4.69) is 15.7 Å². The Kier molecular flexibility index (Phi) is 2.43. The minimum absolute atomic E-state index is 0.00551. The molecule has 0 fully saturated rings. The standard InChI is InChI=1S/C12H14N4O2/c1-7-12-9-5-8(18-2)3-4-10(9)13-11(17)6-16(12)15-14-7/h3-5,7,12H,6H2,1-2H3,(H,13,17). The van der Waals surface area contributed by atoms with Gasteiger partial charge in [-0.25, -0.2) is 0 Å². The molecule has 18 heavy (non-hydrogen) atoms. The van der Waals surface area contributed by atoms with Crippen LogP contribution in [0.25, 0.3) is 0 Å². The fourth-order valence-electron chi connectivity index (χ4n) is 2.43. The third-order valence-corrected chi connectivity index (χ3v) is 3.28. The summed E-state index contributed by atoms with van der Waals surface area (Å²) in [6, 6.07) is 5.66. The molecule has 2 atom stereocenters. The topological polar surface area (TPSA) is 66.3 Å². The van der Waals surface area contributed by atoms with Crippen LogP contribution in [-0.4, -0.2) is 30.6 Å². The zero-order valence-electron chi connectivity index (χ0n) is 10.3. The van der Waals surface area contributed by atoms with E-state index in [1.54, 1.807) is 12.1 Å². The number of ether oxygens (including phenoxy) is 1. The summed E-state index contributed by atoms with van der Waals surface area (Å²) in [5.41, 5.74) is 1.81. The average Bonchev–Trinajstić information content (AvgIpc) is 2.64. The highest BCUT2D eigenvalue weighted by molar-refractivity contribution is 5.94. The predicted octanol–water partition coefficient (Wildman–Crippen LogP) is 1.76. The van der Waals surface area contributed by atoms with Crippen molar-refractivity contribution in [3.8, 4) is 5.75 Å². The molecule has 1 aromatic rings. The van der Waals surface area contributed by atoms with Gasteiger partial charge in [-0.1, -0.05) is 5.22 Å². The Labute approximate surface area is 105 Å². The van der Waals surface area contributed by atoms with Crippen LogP contribution in [0.4, 0.5) is 5.69 Å². The van der Waals surface area contributed by atoms with Gasteiger partial charge in [-0.15, -0.1) is 0 Å². The largest absolute Gasteiger partial charge is 0.497 e. The summed E-state index contributed by atoms with van der Waals surface area (Å²) in [5.74, 6) is 0.695. The highest BCUT2D eigenvalue weighted by Crippen LogP contribution is 2.39. The molecule has 0 bridgehead atoms. The molecule has 1 aromatic carbocycles. The number of nitrogens with zero attached hydrogens (tertiary/aromatic N) is 3. The lowest BCUT2D eigenvalue weighted by atomic mass is 9.99. The second-order valence-electron chi connectivity index (χ2n) is 4.49. The molecule has 2 aliphatic rings. The number of nitrogens with one attached hydrogen (secondary N) is 1. The van der Waals surface area contributed by atoms with Crippen LogP contribution in [0.2, 0.25) is 0 Å². The molecule has 2 aliphatic heterocycles. The Balaban J connectivity index is 2.11. The molecule has 6 heteroatoms. The fraction of sp³-hybridized carbons (Fsp3) is 0.417. The maximum absolute atomic E-state index is 11.8. The van der Waals surface area contributed by atoms with Crippen LogP contribution in [0.15, 0.2) is 28.5 Å².